The number of hydrogen-bond donors (Lipinski definition) is 1. The van der Waals surface area contributed by atoms with Crippen LogP contribution in [0.5, 0.6) is 0 Å². The molecule has 21 heavy (non-hydrogen) atoms. The highest BCUT2D eigenvalue weighted by atomic mass is 79.9. The molecule has 1 aromatic carbocycles. The van der Waals surface area contributed by atoms with Crippen LogP contribution in [-0.2, 0) is 7.05 Å². The molecular formula is C16H18BrN3O. The van der Waals surface area contributed by atoms with Gasteiger partial charge in [-0.2, -0.15) is 5.10 Å². The van der Waals surface area contributed by atoms with Gasteiger partial charge in [0.1, 0.15) is 4.47 Å². The summed E-state index contributed by atoms with van der Waals surface area (Å²) in [6, 6.07) is 10.3. The maximum atomic E-state index is 11.9. The van der Waals surface area contributed by atoms with Crippen LogP contribution in [0.1, 0.15) is 24.4 Å². The summed E-state index contributed by atoms with van der Waals surface area (Å²) >= 11 is 3.34. The van der Waals surface area contributed by atoms with Crippen LogP contribution in [0.15, 0.2) is 58.5 Å². The van der Waals surface area contributed by atoms with Gasteiger partial charge < -0.3 is 5.32 Å². The van der Waals surface area contributed by atoms with Gasteiger partial charge in [-0.15, -0.1) is 6.58 Å². The average Bonchev–Trinajstić information content (AvgIpc) is 2.52. The molecule has 1 N–H and O–H groups in total. The van der Waals surface area contributed by atoms with Gasteiger partial charge in [-0.05, 0) is 34.3 Å². The predicted octanol–water partition coefficient (Wildman–Crippen LogP) is 3.66. The Hall–Kier alpha value is -1.88. The summed E-state index contributed by atoms with van der Waals surface area (Å²) in [5.74, 6) is 0. The van der Waals surface area contributed by atoms with Crippen LogP contribution >= 0.6 is 15.9 Å². The molecule has 1 atom stereocenters. The lowest BCUT2D eigenvalue weighted by Gasteiger charge is -2.20. The maximum Gasteiger partial charge on any atom is 0.282 e. The van der Waals surface area contributed by atoms with E-state index in [2.05, 4.69) is 45.1 Å². The van der Waals surface area contributed by atoms with Gasteiger partial charge in [-0.25, -0.2) is 4.68 Å². The highest BCUT2D eigenvalue weighted by Crippen LogP contribution is 2.26. The zero-order chi connectivity index (χ0) is 15.2. The Morgan fingerprint density at radius 1 is 1.43 bits per heavy atom. The molecule has 1 aromatic heterocycles. The number of nitrogens with one attached hydrogen (secondary N) is 1. The van der Waals surface area contributed by atoms with Gasteiger partial charge in [-0.3, -0.25) is 4.79 Å². The van der Waals surface area contributed by atoms with E-state index in [0.717, 1.165) is 12.8 Å². The second kappa shape index (κ2) is 7.22. The quantitative estimate of drug-likeness (QED) is 0.811. The zero-order valence-corrected chi connectivity index (χ0v) is 13.5. The van der Waals surface area contributed by atoms with Gasteiger partial charge in [0.25, 0.3) is 5.56 Å². The fourth-order valence-electron chi connectivity index (χ4n) is 2.09. The van der Waals surface area contributed by atoms with Gasteiger partial charge in [0.15, 0.2) is 0 Å². The molecular weight excluding hydrogens is 330 g/mol. The molecule has 2 aromatic rings. The lowest BCUT2D eigenvalue weighted by molar-refractivity contribution is 0.684. The molecule has 4 nitrogen and oxygen atoms in total. The average molecular weight is 348 g/mol. The van der Waals surface area contributed by atoms with Crippen LogP contribution in [0.25, 0.3) is 0 Å². The van der Waals surface area contributed by atoms with E-state index in [4.69, 9.17) is 0 Å². The molecule has 0 aliphatic rings. The molecule has 110 valence electrons. The van der Waals surface area contributed by atoms with E-state index in [1.165, 1.54) is 10.2 Å². The van der Waals surface area contributed by atoms with Crippen LogP contribution in [-0.4, -0.2) is 9.78 Å². The van der Waals surface area contributed by atoms with E-state index in [1.54, 1.807) is 13.2 Å². The van der Waals surface area contributed by atoms with Gasteiger partial charge in [0, 0.05) is 7.05 Å². The molecule has 0 spiro atoms. The normalized spacial score (nSPS) is 11.9. The smallest absolute Gasteiger partial charge is 0.282 e. The Kier molecular flexibility index (Phi) is 5.33. The second-order valence-electron chi connectivity index (χ2n) is 4.77. The largest absolute Gasteiger partial charge is 0.376 e. The molecule has 1 heterocycles. The van der Waals surface area contributed by atoms with Crippen molar-refractivity contribution in [1.82, 2.24) is 9.78 Å². The van der Waals surface area contributed by atoms with E-state index < -0.39 is 0 Å². The van der Waals surface area contributed by atoms with Crippen LogP contribution < -0.4 is 10.9 Å². The molecule has 0 aliphatic carbocycles. The number of hydrogen-bond acceptors (Lipinski definition) is 3. The van der Waals surface area contributed by atoms with Gasteiger partial charge >= 0.3 is 0 Å². The third-order valence-corrected chi connectivity index (χ3v) is 4.04. The Balaban J connectivity index is 2.29. The first-order chi connectivity index (χ1) is 10.1. The number of nitrogens with zero attached hydrogens (tertiary/aromatic N) is 2. The lowest BCUT2D eigenvalue weighted by atomic mass is 10.0. The highest BCUT2D eigenvalue weighted by Gasteiger charge is 2.14. The molecule has 0 fully saturated rings. The van der Waals surface area contributed by atoms with Gasteiger partial charge in [-0.1, -0.05) is 36.4 Å². The summed E-state index contributed by atoms with van der Waals surface area (Å²) in [7, 11) is 1.63. The molecule has 5 heteroatoms. The number of anilines is 1. The topological polar surface area (TPSA) is 46.9 Å². The highest BCUT2D eigenvalue weighted by molar-refractivity contribution is 9.10. The number of allylic oxidation sites excluding steroid dienone is 1. The van der Waals surface area contributed by atoms with Crippen molar-refractivity contribution in [2.75, 3.05) is 5.32 Å². The SMILES string of the molecule is C=CCCC(Nc1cnn(C)c(=O)c1Br)c1ccccc1. The molecule has 2 rings (SSSR count). The van der Waals surface area contributed by atoms with Crippen molar-refractivity contribution < 1.29 is 0 Å². The minimum atomic E-state index is -0.157. The maximum absolute atomic E-state index is 11.9. The van der Waals surface area contributed by atoms with Crippen molar-refractivity contribution in [2.24, 2.45) is 7.05 Å². The number of rotatable bonds is 6. The van der Waals surface area contributed by atoms with E-state index in [9.17, 15) is 4.79 Å². The van der Waals surface area contributed by atoms with E-state index >= 15 is 0 Å². The summed E-state index contributed by atoms with van der Waals surface area (Å²) < 4.78 is 1.80. The molecule has 0 saturated carbocycles. The lowest BCUT2D eigenvalue weighted by Crippen LogP contribution is -2.22. The summed E-state index contributed by atoms with van der Waals surface area (Å²) in [4.78, 5) is 11.9. The fourth-order valence-corrected chi connectivity index (χ4v) is 2.56. The Morgan fingerprint density at radius 2 is 2.14 bits per heavy atom. The molecule has 0 amide bonds. The van der Waals surface area contributed by atoms with E-state index in [1.807, 2.05) is 24.3 Å². The summed E-state index contributed by atoms with van der Waals surface area (Å²) in [5.41, 5.74) is 1.72. The second-order valence-corrected chi connectivity index (χ2v) is 5.57. The summed E-state index contributed by atoms with van der Waals surface area (Å²) in [6.45, 7) is 3.77. The third-order valence-electron chi connectivity index (χ3n) is 3.27. The zero-order valence-electron chi connectivity index (χ0n) is 11.9. The van der Waals surface area contributed by atoms with Crippen molar-refractivity contribution >= 4 is 21.6 Å². The Bertz CT molecular complexity index is 667. The summed E-state index contributed by atoms with van der Waals surface area (Å²) in [6.07, 6.45) is 5.35. The van der Waals surface area contributed by atoms with Crippen LogP contribution in [0.3, 0.4) is 0 Å². The van der Waals surface area contributed by atoms with Crippen molar-refractivity contribution in [3.8, 4) is 0 Å². The van der Waals surface area contributed by atoms with Crippen LogP contribution in [0, 0.1) is 0 Å². The minimum Gasteiger partial charge on any atom is -0.376 e. The van der Waals surface area contributed by atoms with Gasteiger partial charge in [0.05, 0.1) is 17.9 Å². The Morgan fingerprint density at radius 3 is 2.81 bits per heavy atom. The Labute approximate surface area is 132 Å². The van der Waals surface area contributed by atoms with Gasteiger partial charge in [0.2, 0.25) is 0 Å². The third kappa shape index (κ3) is 3.82. The number of aryl methyl sites for hydroxylation is 1. The molecule has 0 saturated heterocycles. The number of benzene rings is 1. The molecule has 1 unspecified atom stereocenters. The van der Waals surface area contributed by atoms with Crippen molar-refractivity contribution in [2.45, 2.75) is 18.9 Å². The standard InChI is InChI=1S/C16H18BrN3O/c1-3-4-10-13(12-8-6-5-7-9-12)19-14-11-18-20(2)16(21)15(14)17/h3,5-9,11,13,19H,1,4,10H2,2H3. The first-order valence-corrected chi connectivity index (χ1v) is 7.57. The van der Waals surface area contributed by atoms with Crippen molar-refractivity contribution in [1.29, 1.82) is 0 Å². The summed E-state index contributed by atoms with van der Waals surface area (Å²) in [5, 5.41) is 7.45. The van der Waals surface area contributed by atoms with E-state index in [0.29, 0.717) is 10.2 Å². The predicted molar refractivity (Wildman–Crippen MR) is 89.4 cm³/mol. The van der Waals surface area contributed by atoms with Crippen LogP contribution in [0.4, 0.5) is 5.69 Å². The molecule has 0 bridgehead atoms. The van der Waals surface area contributed by atoms with Crippen molar-refractivity contribution in [3.63, 3.8) is 0 Å². The molecule has 0 aliphatic heterocycles. The van der Waals surface area contributed by atoms with Crippen molar-refractivity contribution in [3.05, 3.63) is 69.6 Å². The number of halogens is 1. The van der Waals surface area contributed by atoms with Crippen LogP contribution in [0.2, 0.25) is 0 Å². The fraction of sp³-hybridized carbons (Fsp3) is 0.250. The minimum absolute atomic E-state index is 0.106. The van der Waals surface area contributed by atoms with E-state index in [-0.39, 0.29) is 11.6 Å². The molecule has 0 radical (unpaired) electrons. The first kappa shape index (κ1) is 15.5. The monoisotopic (exact) mass is 347 g/mol. The first-order valence-electron chi connectivity index (χ1n) is 6.77. The number of aromatic nitrogens is 2.